The molecule has 0 spiro atoms. The Balaban J connectivity index is 2.69. The summed E-state index contributed by atoms with van der Waals surface area (Å²) in [7, 11) is 1.67. The van der Waals surface area contributed by atoms with Crippen LogP contribution in [0.1, 0.15) is 11.7 Å². The molecule has 3 atom stereocenters. The largest absolute Gasteiger partial charge is 0.394 e. The van der Waals surface area contributed by atoms with Crippen LogP contribution in [0.2, 0.25) is 0 Å². The second-order valence-electron chi connectivity index (χ2n) is 3.13. The monoisotopic (exact) mass is 202 g/mol. The smallest absolute Gasteiger partial charge is 0.112 e. The van der Waals surface area contributed by atoms with Gasteiger partial charge in [0.05, 0.1) is 12.8 Å². The van der Waals surface area contributed by atoms with Gasteiger partial charge in [-0.25, -0.2) is 0 Å². The van der Waals surface area contributed by atoms with E-state index >= 15 is 0 Å². The fraction of sp³-hybridized carbons (Fsp3) is 0.625. The van der Waals surface area contributed by atoms with Gasteiger partial charge in [-0.3, -0.25) is 4.68 Å². The lowest BCUT2D eigenvalue weighted by Crippen LogP contribution is -2.34. The van der Waals surface area contributed by atoms with E-state index in [2.05, 4.69) is 5.10 Å². The first-order valence-corrected chi connectivity index (χ1v) is 4.20. The fourth-order valence-corrected chi connectivity index (χ4v) is 1.11. The summed E-state index contributed by atoms with van der Waals surface area (Å²) in [5, 5.41) is 40.3. The summed E-state index contributed by atoms with van der Waals surface area (Å²) in [4.78, 5) is 0. The highest BCUT2D eigenvalue weighted by atomic mass is 16.4. The number of nitrogens with zero attached hydrogens (tertiary/aromatic N) is 2. The van der Waals surface area contributed by atoms with Crippen molar-refractivity contribution < 1.29 is 20.4 Å². The van der Waals surface area contributed by atoms with E-state index < -0.39 is 24.9 Å². The lowest BCUT2D eigenvalue weighted by molar-refractivity contribution is -0.0776. The molecule has 0 saturated carbocycles. The lowest BCUT2D eigenvalue weighted by Gasteiger charge is -2.20. The molecule has 0 fully saturated rings. The van der Waals surface area contributed by atoms with Crippen LogP contribution >= 0.6 is 0 Å². The average Bonchev–Trinajstić information content (AvgIpc) is 2.61. The van der Waals surface area contributed by atoms with Crippen LogP contribution in [0, 0.1) is 0 Å². The molecule has 6 nitrogen and oxygen atoms in total. The summed E-state index contributed by atoms with van der Waals surface area (Å²) >= 11 is 0. The quantitative estimate of drug-likeness (QED) is 0.460. The fourth-order valence-electron chi connectivity index (χ4n) is 1.11. The molecule has 1 heterocycles. The predicted molar refractivity (Wildman–Crippen MR) is 47.3 cm³/mol. The Morgan fingerprint density at radius 1 is 1.43 bits per heavy atom. The van der Waals surface area contributed by atoms with Gasteiger partial charge in [0.15, 0.2) is 0 Å². The summed E-state index contributed by atoms with van der Waals surface area (Å²) in [6.07, 6.45) is -1.10. The van der Waals surface area contributed by atoms with Crippen LogP contribution in [0.3, 0.4) is 0 Å². The maximum atomic E-state index is 9.53. The van der Waals surface area contributed by atoms with E-state index in [0.29, 0.717) is 5.56 Å². The van der Waals surface area contributed by atoms with Crippen molar-refractivity contribution in [2.45, 2.75) is 18.3 Å². The van der Waals surface area contributed by atoms with Crippen LogP contribution in [0.25, 0.3) is 0 Å². The van der Waals surface area contributed by atoms with Gasteiger partial charge in [-0.2, -0.15) is 5.10 Å². The first-order chi connectivity index (χ1) is 6.56. The predicted octanol–water partition coefficient (Wildman–Crippen LogP) is -1.83. The summed E-state index contributed by atoms with van der Waals surface area (Å²) in [6.45, 7) is -0.599. The Bertz CT molecular complexity index is 289. The molecule has 80 valence electrons. The second-order valence-corrected chi connectivity index (χ2v) is 3.13. The molecule has 14 heavy (non-hydrogen) atoms. The Morgan fingerprint density at radius 2 is 2.07 bits per heavy atom. The number of aryl methyl sites for hydroxylation is 1. The third kappa shape index (κ3) is 2.30. The van der Waals surface area contributed by atoms with Gasteiger partial charge >= 0.3 is 0 Å². The summed E-state index contributed by atoms with van der Waals surface area (Å²) in [5.41, 5.74) is 0.396. The van der Waals surface area contributed by atoms with E-state index in [0.717, 1.165) is 0 Å². The molecule has 1 aromatic heterocycles. The zero-order chi connectivity index (χ0) is 10.7. The van der Waals surface area contributed by atoms with Crippen LogP contribution < -0.4 is 0 Å². The van der Waals surface area contributed by atoms with Gasteiger partial charge in [-0.05, 0) is 0 Å². The lowest BCUT2D eigenvalue weighted by atomic mass is 10.0. The molecule has 0 aliphatic carbocycles. The topological polar surface area (TPSA) is 98.7 Å². The molecular weight excluding hydrogens is 188 g/mol. The summed E-state index contributed by atoms with van der Waals surface area (Å²) in [5.74, 6) is 0. The van der Waals surface area contributed by atoms with Crippen LogP contribution in [-0.2, 0) is 7.05 Å². The summed E-state index contributed by atoms with van der Waals surface area (Å²) in [6, 6.07) is 0. The minimum absolute atomic E-state index is 0.396. The maximum Gasteiger partial charge on any atom is 0.112 e. The van der Waals surface area contributed by atoms with Gasteiger partial charge in [0.1, 0.15) is 18.3 Å². The molecule has 0 bridgehead atoms. The van der Waals surface area contributed by atoms with Crippen molar-refractivity contribution in [2.24, 2.45) is 7.05 Å². The number of aliphatic hydroxyl groups is 4. The Hall–Kier alpha value is -0.950. The zero-order valence-corrected chi connectivity index (χ0v) is 7.78. The average molecular weight is 202 g/mol. The molecular formula is C8H14N2O4. The zero-order valence-electron chi connectivity index (χ0n) is 7.78. The molecule has 1 aromatic rings. The molecule has 0 amide bonds. The third-order valence-electron chi connectivity index (χ3n) is 1.97. The van der Waals surface area contributed by atoms with Crippen molar-refractivity contribution in [3.63, 3.8) is 0 Å². The summed E-state index contributed by atoms with van der Waals surface area (Å²) < 4.78 is 1.47. The molecule has 0 unspecified atom stereocenters. The standard InChI is InChI=1S/C8H14N2O4/c1-10-3-5(2-9-10)7(13)8(14)6(12)4-11/h2-3,6-8,11-14H,4H2,1H3/t6-,7-,8-/m1/s1. The Labute approximate surface area is 81.0 Å². The van der Waals surface area contributed by atoms with Gasteiger partial charge in [0.2, 0.25) is 0 Å². The number of aliphatic hydroxyl groups excluding tert-OH is 4. The van der Waals surface area contributed by atoms with Gasteiger partial charge in [-0.15, -0.1) is 0 Å². The molecule has 0 aromatic carbocycles. The van der Waals surface area contributed by atoms with E-state index in [4.69, 9.17) is 10.2 Å². The highest BCUT2D eigenvalue weighted by Gasteiger charge is 2.26. The number of hydrogen-bond acceptors (Lipinski definition) is 5. The number of hydrogen-bond donors (Lipinski definition) is 4. The first-order valence-electron chi connectivity index (χ1n) is 4.20. The molecule has 6 heteroatoms. The van der Waals surface area contributed by atoms with E-state index in [-0.39, 0.29) is 0 Å². The third-order valence-corrected chi connectivity index (χ3v) is 1.97. The molecule has 0 radical (unpaired) electrons. The molecule has 0 aliphatic rings. The Kier molecular flexibility index (Phi) is 3.59. The van der Waals surface area contributed by atoms with Crippen molar-refractivity contribution in [1.29, 1.82) is 0 Å². The van der Waals surface area contributed by atoms with Crippen LogP contribution in [0.15, 0.2) is 12.4 Å². The van der Waals surface area contributed by atoms with Crippen LogP contribution in [0.5, 0.6) is 0 Å². The van der Waals surface area contributed by atoms with E-state index in [1.54, 1.807) is 7.05 Å². The van der Waals surface area contributed by atoms with Gasteiger partial charge in [0, 0.05) is 18.8 Å². The second kappa shape index (κ2) is 4.52. The van der Waals surface area contributed by atoms with Crippen molar-refractivity contribution in [3.05, 3.63) is 18.0 Å². The van der Waals surface area contributed by atoms with Crippen molar-refractivity contribution in [2.75, 3.05) is 6.61 Å². The SMILES string of the molecule is Cn1cc([C@@H](O)[C@H](O)[C@H](O)CO)cn1. The Morgan fingerprint density at radius 3 is 2.50 bits per heavy atom. The molecule has 0 saturated heterocycles. The normalized spacial score (nSPS) is 17.8. The highest BCUT2D eigenvalue weighted by Crippen LogP contribution is 2.17. The minimum Gasteiger partial charge on any atom is -0.394 e. The van der Waals surface area contributed by atoms with E-state index in [1.807, 2.05) is 0 Å². The number of rotatable bonds is 4. The van der Waals surface area contributed by atoms with Gasteiger partial charge in [-0.1, -0.05) is 0 Å². The maximum absolute atomic E-state index is 9.53. The molecule has 1 rings (SSSR count). The van der Waals surface area contributed by atoms with Gasteiger partial charge < -0.3 is 20.4 Å². The molecule has 4 N–H and O–H groups in total. The number of aromatic nitrogens is 2. The minimum atomic E-state index is -1.41. The first kappa shape index (κ1) is 11.1. The highest BCUT2D eigenvalue weighted by molar-refractivity contribution is 5.10. The molecule has 0 aliphatic heterocycles. The van der Waals surface area contributed by atoms with E-state index in [9.17, 15) is 10.2 Å². The van der Waals surface area contributed by atoms with Crippen LogP contribution in [0.4, 0.5) is 0 Å². The van der Waals surface area contributed by atoms with Crippen LogP contribution in [-0.4, -0.2) is 49.0 Å². The van der Waals surface area contributed by atoms with Crippen molar-refractivity contribution in [1.82, 2.24) is 9.78 Å². The van der Waals surface area contributed by atoms with Crippen molar-refractivity contribution in [3.8, 4) is 0 Å². The van der Waals surface area contributed by atoms with Crippen molar-refractivity contribution >= 4 is 0 Å². The van der Waals surface area contributed by atoms with E-state index in [1.165, 1.54) is 17.1 Å². The van der Waals surface area contributed by atoms with Gasteiger partial charge in [0.25, 0.3) is 0 Å².